The van der Waals surface area contributed by atoms with E-state index in [2.05, 4.69) is 41.8 Å². The van der Waals surface area contributed by atoms with E-state index in [-0.39, 0.29) is 24.0 Å². The summed E-state index contributed by atoms with van der Waals surface area (Å²) in [5.74, 6) is 0. The largest absolute Gasteiger partial charge is 1.00 e. The summed E-state index contributed by atoms with van der Waals surface area (Å²) < 4.78 is 4.39. The third-order valence-electron chi connectivity index (χ3n) is 3.59. The van der Waals surface area contributed by atoms with Gasteiger partial charge in [0.1, 0.15) is 12.4 Å². The van der Waals surface area contributed by atoms with Crippen molar-refractivity contribution in [3.05, 3.63) is 18.7 Å². The van der Waals surface area contributed by atoms with Gasteiger partial charge in [-0.15, -0.1) is 0 Å². The molecular weight excluding hydrogens is 347 g/mol. The van der Waals surface area contributed by atoms with Crippen LogP contribution in [-0.4, -0.2) is 4.57 Å². The molecule has 0 saturated carbocycles. The number of nitrogens with zero attached hydrogens (tertiary/aromatic N) is 2. The molecule has 112 valence electrons. The van der Waals surface area contributed by atoms with Gasteiger partial charge in [-0.3, -0.25) is 0 Å². The summed E-state index contributed by atoms with van der Waals surface area (Å²) in [5.41, 5.74) is 0. The molecule has 3 heteroatoms. The van der Waals surface area contributed by atoms with E-state index in [9.17, 15) is 0 Å². The van der Waals surface area contributed by atoms with Gasteiger partial charge in [0.2, 0.25) is 6.33 Å². The van der Waals surface area contributed by atoms with Crippen molar-refractivity contribution in [2.24, 2.45) is 7.05 Å². The molecule has 0 spiro atoms. The Morgan fingerprint density at radius 1 is 0.842 bits per heavy atom. The molecule has 0 fully saturated rings. The van der Waals surface area contributed by atoms with Gasteiger partial charge in [-0.05, 0) is 12.8 Å². The monoisotopic (exact) mass is 378 g/mol. The van der Waals surface area contributed by atoms with Crippen LogP contribution in [-0.2, 0) is 13.6 Å². The van der Waals surface area contributed by atoms with Gasteiger partial charge in [-0.2, -0.15) is 0 Å². The average molecular weight is 378 g/mol. The molecule has 0 unspecified atom stereocenters. The van der Waals surface area contributed by atoms with Crippen LogP contribution in [0.1, 0.15) is 71.1 Å². The minimum atomic E-state index is 0. The predicted molar refractivity (Wildman–Crippen MR) is 77.5 cm³/mol. The SMILES string of the molecule is CCCCCCCCCCCC[n+]1ccn(C)c1.[I-]. The first-order valence-electron chi connectivity index (χ1n) is 7.84. The maximum absolute atomic E-state index is 2.28. The summed E-state index contributed by atoms with van der Waals surface area (Å²) in [6, 6.07) is 0. The normalized spacial score (nSPS) is 10.4. The van der Waals surface area contributed by atoms with Crippen LogP contribution in [0.4, 0.5) is 0 Å². The van der Waals surface area contributed by atoms with Crippen LogP contribution >= 0.6 is 0 Å². The molecule has 1 heterocycles. The Labute approximate surface area is 136 Å². The number of hydrogen-bond acceptors (Lipinski definition) is 0. The van der Waals surface area contributed by atoms with Crippen LogP contribution in [0, 0.1) is 0 Å². The lowest BCUT2D eigenvalue weighted by atomic mass is 10.1. The van der Waals surface area contributed by atoms with Gasteiger partial charge in [0.05, 0.1) is 13.6 Å². The molecule has 1 aromatic rings. The standard InChI is InChI=1S/C16H31N2.HI/c1-3-4-5-6-7-8-9-10-11-12-13-18-15-14-17(2)16-18;/h14-16H,3-13H2,1-2H3;1H/q+1;/p-1. The van der Waals surface area contributed by atoms with Crippen molar-refractivity contribution in [1.82, 2.24) is 4.57 Å². The summed E-state index contributed by atoms with van der Waals surface area (Å²) in [5, 5.41) is 0. The second kappa shape index (κ2) is 12.9. The molecule has 0 amide bonds. The highest BCUT2D eigenvalue weighted by atomic mass is 127. The molecule has 0 aliphatic rings. The van der Waals surface area contributed by atoms with Gasteiger partial charge in [0.25, 0.3) is 0 Å². The lowest BCUT2D eigenvalue weighted by Gasteiger charge is -2.01. The second-order valence-corrected chi connectivity index (χ2v) is 5.50. The summed E-state index contributed by atoms with van der Waals surface area (Å²) in [6.07, 6.45) is 20.6. The number of rotatable bonds is 11. The zero-order chi connectivity index (χ0) is 13.1. The molecule has 2 nitrogen and oxygen atoms in total. The zero-order valence-corrected chi connectivity index (χ0v) is 14.9. The van der Waals surface area contributed by atoms with Crippen LogP contribution in [0.25, 0.3) is 0 Å². The van der Waals surface area contributed by atoms with Crippen molar-refractivity contribution in [3.8, 4) is 0 Å². The molecule has 1 aromatic heterocycles. The van der Waals surface area contributed by atoms with Crippen molar-refractivity contribution in [2.75, 3.05) is 0 Å². The number of aromatic nitrogens is 2. The Balaban J connectivity index is 0.00000324. The van der Waals surface area contributed by atoms with Crippen LogP contribution in [0.2, 0.25) is 0 Å². The van der Waals surface area contributed by atoms with Crippen LogP contribution in [0.3, 0.4) is 0 Å². The van der Waals surface area contributed by atoms with Crippen molar-refractivity contribution in [1.29, 1.82) is 0 Å². The number of aryl methyl sites for hydroxylation is 2. The second-order valence-electron chi connectivity index (χ2n) is 5.50. The highest BCUT2D eigenvalue weighted by Gasteiger charge is 1.99. The van der Waals surface area contributed by atoms with E-state index in [4.69, 9.17) is 0 Å². The summed E-state index contributed by atoms with van der Waals surface area (Å²) in [6.45, 7) is 3.46. The molecule has 0 aliphatic carbocycles. The average Bonchev–Trinajstić information content (AvgIpc) is 2.77. The highest BCUT2D eigenvalue weighted by Crippen LogP contribution is 2.10. The molecular formula is C16H31IN2. The maximum atomic E-state index is 2.28. The molecule has 19 heavy (non-hydrogen) atoms. The topological polar surface area (TPSA) is 8.81 Å². The molecule has 0 atom stereocenters. The van der Waals surface area contributed by atoms with Crippen LogP contribution in [0.5, 0.6) is 0 Å². The van der Waals surface area contributed by atoms with Crippen molar-refractivity contribution in [2.45, 2.75) is 77.7 Å². The lowest BCUT2D eigenvalue weighted by molar-refractivity contribution is -0.696. The van der Waals surface area contributed by atoms with Crippen LogP contribution < -0.4 is 28.5 Å². The van der Waals surface area contributed by atoms with E-state index in [1.54, 1.807) is 0 Å². The molecule has 0 bridgehead atoms. The summed E-state index contributed by atoms with van der Waals surface area (Å²) >= 11 is 0. The predicted octanol–water partition coefficient (Wildman–Crippen LogP) is 1.24. The molecule has 0 aromatic carbocycles. The molecule has 0 N–H and O–H groups in total. The fourth-order valence-electron chi connectivity index (χ4n) is 2.42. The van der Waals surface area contributed by atoms with Gasteiger partial charge in [-0.1, -0.05) is 58.3 Å². The van der Waals surface area contributed by atoms with Gasteiger partial charge in [-0.25, -0.2) is 9.13 Å². The smallest absolute Gasteiger partial charge is 0.243 e. The number of unbranched alkanes of at least 4 members (excludes halogenated alkanes) is 9. The van der Waals surface area contributed by atoms with Gasteiger partial charge in [0.15, 0.2) is 0 Å². The van der Waals surface area contributed by atoms with Gasteiger partial charge < -0.3 is 24.0 Å². The maximum Gasteiger partial charge on any atom is 0.243 e. The molecule has 0 radical (unpaired) electrons. The third-order valence-corrected chi connectivity index (χ3v) is 3.59. The number of hydrogen-bond donors (Lipinski definition) is 0. The van der Waals surface area contributed by atoms with Gasteiger partial charge >= 0.3 is 0 Å². The minimum Gasteiger partial charge on any atom is -1.00 e. The fraction of sp³-hybridized carbons (Fsp3) is 0.812. The lowest BCUT2D eigenvalue weighted by Crippen LogP contribution is -3.00. The van der Waals surface area contributed by atoms with E-state index in [0.717, 1.165) is 0 Å². The van der Waals surface area contributed by atoms with Crippen molar-refractivity contribution < 1.29 is 28.5 Å². The zero-order valence-electron chi connectivity index (χ0n) is 12.8. The quantitative estimate of drug-likeness (QED) is 0.311. The Morgan fingerprint density at radius 3 is 1.84 bits per heavy atom. The number of halogens is 1. The van der Waals surface area contributed by atoms with E-state index in [1.807, 2.05) is 0 Å². The highest BCUT2D eigenvalue weighted by molar-refractivity contribution is 4.61. The minimum absolute atomic E-state index is 0. The van der Waals surface area contributed by atoms with Gasteiger partial charge in [0, 0.05) is 0 Å². The van der Waals surface area contributed by atoms with Crippen molar-refractivity contribution in [3.63, 3.8) is 0 Å². The van der Waals surface area contributed by atoms with E-state index in [1.165, 1.54) is 70.8 Å². The molecule has 1 rings (SSSR count). The molecule has 0 aliphatic heterocycles. The Bertz CT molecular complexity index is 297. The molecule has 0 saturated heterocycles. The first-order valence-corrected chi connectivity index (χ1v) is 7.84. The first-order chi connectivity index (χ1) is 8.83. The fourth-order valence-corrected chi connectivity index (χ4v) is 2.42. The Kier molecular flexibility index (Phi) is 12.9. The van der Waals surface area contributed by atoms with E-state index in [0.29, 0.717) is 0 Å². The van der Waals surface area contributed by atoms with E-state index >= 15 is 0 Å². The van der Waals surface area contributed by atoms with E-state index < -0.39 is 0 Å². The number of imidazole rings is 1. The third kappa shape index (κ3) is 10.4. The first kappa shape index (κ1) is 18.9. The Hall–Kier alpha value is -0.0600. The van der Waals surface area contributed by atoms with Crippen LogP contribution in [0.15, 0.2) is 18.7 Å². The van der Waals surface area contributed by atoms with Crippen molar-refractivity contribution >= 4 is 0 Å². The summed E-state index contributed by atoms with van der Waals surface area (Å²) in [4.78, 5) is 0. The Morgan fingerprint density at radius 2 is 1.37 bits per heavy atom. The summed E-state index contributed by atoms with van der Waals surface area (Å²) in [7, 11) is 2.08.